The molecular formula is C21H29N5OS2. The first-order valence-electron chi connectivity index (χ1n) is 10.6. The van der Waals surface area contributed by atoms with Crippen LogP contribution < -0.4 is 10.2 Å². The predicted molar refractivity (Wildman–Crippen MR) is 121 cm³/mol. The largest absolute Gasteiger partial charge is 0.355 e. The third kappa shape index (κ3) is 5.48. The van der Waals surface area contributed by atoms with Gasteiger partial charge in [0, 0.05) is 19.6 Å². The van der Waals surface area contributed by atoms with Gasteiger partial charge >= 0.3 is 0 Å². The van der Waals surface area contributed by atoms with Crippen LogP contribution in [0.2, 0.25) is 0 Å². The summed E-state index contributed by atoms with van der Waals surface area (Å²) in [4.78, 5) is 28.1. The number of aromatic nitrogens is 3. The summed E-state index contributed by atoms with van der Waals surface area (Å²) in [5.74, 6) is 1.23. The molecule has 0 spiro atoms. The minimum atomic E-state index is 0.0629. The van der Waals surface area contributed by atoms with Gasteiger partial charge in [-0.1, -0.05) is 41.7 Å². The third-order valence-corrected chi connectivity index (χ3v) is 7.93. The van der Waals surface area contributed by atoms with Crippen LogP contribution in [0.5, 0.6) is 0 Å². The van der Waals surface area contributed by atoms with E-state index in [0.717, 1.165) is 52.5 Å². The van der Waals surface area contributed by atoms with Crippen molar-refractivity contribution in [1.82, 2.24) is 20.3 Å². The monoisotopic (exact) mass is 431 g/mol. The van der Waals surface area contributed by atoms with Crippen molar-refractivity contribution >= 4 is 44.5 Å². The molecular weight excluding hydrogens is 402 g/mol. The van der Waals surface area contributed by atoms with Gasteiger partial charge in [-0.15, -0.1) is 0 Å². The van der Waals surface area contributed by atoms with Crippen molar-refractivity contribution in [2.45, 2.75) is 56.9 Å². The van der Waals surface area contributed by atoms with Crippen LogP contribution in [0.1, 0.15) is 51.9 Å². The van der Waals surface area contributed by atoms with Crippen LogP contribution in [-0.2, 0) is 4.79 Å². The quantitative estimate of drug-likeness (QED) is 0.397. The van der Waals surface area contributed by atoms with E-state index in [9.17, 15) is 4.79 Å². The molecule has 0 atom stereocenters. The maximum atomic E-state index is 12.3. The van der Waals surface area contributed by atoms with E-state index in [1.807, 2.05) is 0 Å². The van der Waals surface area contributed by atoms with Crippen molar-refractivity contribution < 1.29 is 4.79 Å². The van der Waals surface area contributed by atoms with Crippen LogP contribution in [-0.4, -0.2) is 46.2 Å². The summed E-state index contributed by atoms with van der Waals surface area (Å²) in [7, 11) is 0. The van der Waals surface area contributed by atoms with Gasteiger partial charge in [-0.2, -0.15) is 4.98 Å². The highest BCUT2D eigenvalue weighted by Crippen LogP contribution is 2.35. The number of fused-ring (bicyclic) bond motifs is 1. The van der Waals surface area contributed by atoms with Gasteiger partial charge in [0.15, 0.2) is 10.8 Å². The number of nitrogens with zero attached hydrogens (tertiary/aromatic N) is 4. The highest BCUT2D eigenvalue weighted by atomic mass is 32.2. The Labute approximate surface area is 180 Å². The van der Waals surface area contributed by atoms with Crippen LogP contribution in [0.4, 0.5) is 5.13 Å². The van der Waals surface area contributed by atoms with Gasteiger partial charge < -0.3 is 10.2 Å². The Hall–Kier alpha value is -1.67. The lowest BCUT2D eigenvalue weighted by molar-refractivity contribution is -0.118. The number of carbonyl (C=O) groups is 1. The molecule has 2 aromatic rings. The van der Waals surface area contributed by atoms with Gasteiger partial charge in [-0.25, -0.2) is 9.97 Å². The molecule has 1 aliphatic heterocycles. The maximum absolute atomic E-state index is 12.3. The van der Waals surface area contributed by atoms with E-state index in [-0.39, 0.29) is 5.91 Å². The minimum absolute atomic E-state index is 0.0629. The number of piperidine rings is 1. The third-order valence-electron chi connectivity index (χ3n) is 5.69. The lowest BCUT2D eigenvalue weighted by Gasteiger charge is -2.29. The Kier molecular flexibility index (Phi) is 7.02. The molecule has 1 amide bonds. The molecule has 6 nitrogen and oxygen atoms in total. The number of amides is 1. The van der Waals surface area contributed by atoms with E-state index in [4.69, 9.17) is 4.98 Å². The summed E-state index contributed by atoms with van der Waals surface area (Å²) in [5, 5.41) is 4.93. The zero-order chi connectivity index (χ0) is 20.1. The Bertz CT molecular complexity index is 873. The molecule has 29 heavy (non-hydrogen) atoms. The maximum Gasteiger partial charge on any atom is 0.230 e. The first-order valence-corrected chi connectivity index (χ1v) is 12.4. The second-order valence-electron chi connectivity index (χ2n) is 7.99. The van der Waals surface area contributed by atoms with Gasteiger partial charge in [0.1, 0.15) is 16.1 Å². The molecule has 1 saturated heterocycles. The molecule has 2 aromatic heterocycles. The molecule has 1 aliphatic carbocycles. The summed E-state index contributed by atoms with van der Waals surface area (Å²) < 4.78 is 0.992. The van der Waals surface area contributed by atoms with E-state index in [0.29, 0.717) is 5.75 Å². The number of allylic oxidation sites excluding steroid dienone is 1. The molecule has 2 aliphatic rings. The first kappa shape index (κ1) is 20.6. The second-order valence-corrected chi connectivity index (χ2v) is 9.94. The first-order chi connectivity index (χ1) is 14.2. The molecule has 0 unspecified atom stereocenters. The lowest BCUT2D eigenvalue weighted by Crippen LogP contribution is -2.32. The van der Waals surface area contributed by atoms with Gasteiger partial charge in [0.05, 0.1) is 5.75 Å². The Morgan fingerprint density at radius 3 is 2.97 bits per heavy atom. The number of thiazole rings is 1. The topological polar surface area (TPSA) is 71.0 Å². The molecule has 0 radical (unpaired) electrons. The summed E-state index contributed by atoms with van der Waals surface area (Å²) in [5.41, 5.74) is 2.23. The molecule has 0 saturated carbocycles. The number of carbonyl (C=O) groups excluding carboxylic acids is 1. The van der Waals surface area contributed by atoms with Crippen LogP contribution in [0.15, 0.2) is 23.0 Å². The zero-order valence-electron chi connectivity index (χ0n) is 17.0. The molecule has 1 N–H and O–H groups in total. The number of anilines is 1. The van der Waals surface area contributed by atoms with E-state index in [2.05, 4.69) is 33.2 Å². The number of rotatable bonds is 7. The van der Waals surface area contributed by atoms with Crippen molar-refractivity contribution in [2.24, 2.45) is 5.92 Å². The number of thioether (sulfide) groups is 1. The van der Waals surface area contributed by atoms with Crippen LogP contribution >= 0.6 is 23.1 Å². The van der Waals surface area contributed by atoms with E-state index >= 15 is 0 Å². The molecule has 3 heterocycles. The van der Waals surface area contributed by atoms with E-state index in [1.54, 1.807) is 17.7 Å². The normalized spacial score (nSPS) is 18.1. The van der Waals surface area contributed by atoms with Crippen molar-refractivity contribution in [3.05, 3.63) is 18.0 Å². The summed E-state index contributed by atoms with van der Waals surface area (Å²) in [6.07, 6.45) is 12.2. The average molecular weight is 432 g/mol. The van der Waals surface area contributed by atoms with Gasteiger partial charge in [-0.05, 0) is 50.9 Å². The Balaban J connectivity index is 1.31. The molecule has 8 heteroatoms. The molecule has 156 valence electrons. The van der Waals surface area contributed by atoms with Crippen LogP contribution in [0.25, 0.3) is 10.3 Å². The Morgan fingerprint density at radius 2 is 2.17 bits per heavy atom. The average Bonchev–Trinajstić information content (AvgIpc) is 3.18. The molecule has 4 rings (SSSR count). The zero-order valence-corrected chi connectivity index (χ0v) is 18.7. The fourth-order valence-corrected chi connectivity index (χ4v) is 5.81. The smallest absolute Gasteiger partial charge is 0.230 e. The fraction of sp³-hybridized carbons (Fsp3) is 0.619. The molecule has 0 aromatic carbocycles. The second kappa shape index (κ2) is 9.89. The van der Waals surface area contributed by atoms with Gasteiger partial charge in [0.25, 0.3) is 0 Å². The van der Waals surface area contributed by atoms with Crippen molar-refractivity contribution in [2.75, 3.05) is 30.3 Å². The van der Waals surface area contributed by atoms with Crippen molar-refractivity contribution in [1.29, 1.82) is 0 Å². The highest BCUT2D eigenvalue weighted by molar-refractivity contribution is 8.00. The molecule has 0 bridgehead atoms. The van der Waals surface area contributed by atoms with Gasteiger partial charge in [-0.3, -0.25) is 4.79 Å². The van der Waals surface area contributed by atoms with E-state index in [1.165, 1.54) is 55.9 Å². The standard InChI is InChI=1S/C21H29N5OS2/c1-15-8-11-26(12-9-15)21-25-19-18(29-21)20(24-14-23-19)28-13-17(27)22-10-7-16-5-3-2-4-6-16/h5,14-15H,2-4,6-13H2,1H3,(H,22,27). The van der Waals surface area contributed by atoms with Crippen molar-refractivity contribution in [3.8, 4) is 0 Å². The lowest BCUT2D eigenvalue weighted by atomic mass is 9.97. The molecule has 1 fully saturated rings. The van der Waals surface area contributed by atoms with Gasteiger partial charge in [0.2, 0.25) is 5.91 Å². The number of nitrogens with one attached hydrogen (secondary N) is 1. The summed E-state index contributed by atoms with van der Waals surface area (Å²) >= 11 is 3.13. The minimum Gasteiger partial charge on any atom is -0.355 e. The Morgan fingerprint density at radius 1 is 1.31 bits per heavy atom. The SMILES string of the molecule is CC1CCN(c2nc3ncnc(SCC(=O)NCCC4=CCCCC4)c3s2)CC1. The summed E-state index contributed by atoms with van der Waals surface area (Å²) in [6, 6.07) is 0. The predicted octanol–water partition coefficient (Wildman–Crippen LogP) is 4.42. The van der Waals surface area contributed by atoms with Crippen LogP contribution in [0.3, 0.4) is 0 Å². The van der Waals surface area contributed by atoms with Crippen molar-refractivity contribution in [3.63, 3.8) is 0 Å². The van der Waals surface area contributed by atoms with Crippen LogP contribution in [0, 0.1) is 5.92 Å². The summed E-state index contributed by atoms with van der Waals surface area (Å²) in [6.45, 7) is 5.14. The fourth-order valence-electron chi connectivity index (χ4n) is 3.84. The van der Waals surface area contributed by atoms with E-state index < -0.39 is 0 Å². The number of hydrogen-bond donors (Lipinski definition) is 1. The highest BCUT2D eigenvalue weighted by Gasteiger charge is 2.20. The number of hydrogen-bond acceptors (Lipinski definition) is 7.